The second kappa shape index (κ2) is 10.6. The predicted octanol–water partition coefficient (Wildman–Crippen LogP) is 3.04. The van der Waals surface area contributed by atoms with Gasteiger partial charge in [-0.3, -0.25) is 4.99 Å². The summed E-state index contributed by atoms with van der Waals surface area (Å²) in [7, 11) is 4.06. The molecule has 2 aliphatic rings. The Morgan fingerprint density at radius 3 is 2.69 bits per heavy atom. The number of hydrogen-bond acceptors (Lipinski definition) is 3. The number of benzene rings is 1. The van der Waals surface area contributed by atoms with Gasteiger partial charge in [-0.2, -0.15) is 0 Å². The zero-order chi connectivity index (χ0) is 17.6. The van der Waals surface area contributed by atoms with Gasteiger partial charge < -0.3 is 20.4 Å². The fourth-order valence-corrected chi connectivity index (χ4v) is 3.87. The summed E-state index contributed by atoms with van der Waals surface area (Å²) >= 11 is 6.12. The molecule has 7 heteroatoms. The average Bonchev–Trinajstić information content (AvgIpc) is 3.08. The number of anilines is 1. The van der Waals surface area contributed by atoms with E-state index >= 15 is 0 Å². The van der Waals surface area contributed by atoms with Crippen LogP contribution in [0.5, 0.6) is 0 Å². The Kier molecular flexibility index (Phi) is 8.76. The van der Waals surface area contributed by atoms with Crippen molar-refractivity contribution >= 4 is 47.2 Å². The zero-order valence-corrected chi connectivity index (χ0v) is 18.8. The molecule has 0 saturated carbocycles. The van der Waals surface area contributed by atoms with E-state index in [2.05, 4.69) is 38.5 Å². The van der Waals surface area contributed by atoms with E-state index in [0.717, 1.165) is 43.0 Å². The van der Waals surface area contributed by atoms with Gasteiger partial charge in [0, 0.05) is 43.4 Å². The Hall–Kier alpha value is -0.730. The van der Waals surface area contributed by atoms with Crippen LogP contribution in [0.25, 0.3) is 0 Å². The molecule has 2 heterocycles. The molecule has 146 valence electrons. The predicted molar refractivity (Wildman–Crippen MR) is 122 cm³/mol. The molecule has 0 bridgehead atoms. The molecule has 5 nitrogen and oxygen atoms in total. The highest BCUT2D eigenvalue weighted by molar-refractivity contribution is 14.0. The summed E-state index contributed by atoms with van der Waals surface area (Å²) in [5.74, 6) is 1.68. The Balaban J connectivity index is 0.00000243. The van der Waals surface area contributed by atoms with Crippen LogP contribution in [-0.4, -0.2) is 63.7 Å². The third kappa shape index (κ3) is 6.16. The highest BCUT2D eigenvalue weighted by atomic mass is 127. The normalized spacial score (nSPS) is 22.2. The lowest BCUT2D eigenvalue weighted by molar-refractivity contribution is 0.220. The number of guanidine groups is 1. The summed E-state index contributed by atoms with van der Waals surface area (Å²) in [5, 5.41) is 7.90. The van der Waals surface area contributed by atoms with Crippen LogP contribution >= 0.6 is 35.6 Å². The van der Waals surface area contributed by atoms with Gasteiger partial charge in [-0.15, -0.1) is 24.0 Å². The van der Waals surface area contributed by atoms with Crippen LogP contribution < -0.4 is 15.5 Å². The second-order valence-electron chi connectivity index (χ2n) is 7.26. The third-order valence-corrected chi connectivity index (χ3v) is 5.56. The largest absolute Gasteiger partial charge is 0.369 e. The zero-order valence-electron chi connectivity index (χ0n) is 15.7. The van der Waals surface area contributed by atoms with Crippen LogP contribution in [0.15, 0.2) is 29.3 Å². The van der Waals surface area contributed by atoms with E-state index in [1.165, 1.54) is 31.6 Å². The molecule has 2 fully saturated rings. The highest BCUT2D eigenvalue weighted by Gasteiger charge is 2.24. The van der Waals surface area contributed by atoms with Crippen molar-refractivity contribution < 1.29 is 0 Å². The van der Waals surface area contributed by atoms with Gasteiger partial charge in [0.25, 0.3) is 0 Å². The second-order valence-corrected chi connectivity index (χ2v) is 7.69. The number of rotatable bonds is 4. The minimum Gasteiger partial charge on any atom is -0.369 e. The van der Waals surface area contributed by atoms with Crippen molar-refractivity contribution in [1.82, 2.24) is 15.5 Å². The van der Waals surface area contributed by atoms with Crippen molar-refractivity contribution in [2.24, 2.45) is 10.9 Å². The van der Waals surface area contributed by atoms with Crippen molar-refractivity contribution in [3.63, 3.8) is 0 Å². The van der Waals surface area contributed by atoms with Crippen LogP contribution in [-0.2, 0) is 0 Å². The number of nitrogens with one attached hydrogen (secondary N) is 2. The van der Waals surface area contributed by atoms with Crippen molar-refractivity contribution in [3.05, 3.63) is 29.3 Å². The van der Waals surface area contributed by atoms with Gasteiger partial charge in [0.2, 0.25) is 0 Å². The van der Waals surface area contributed by atoms with Crippen molar-refractivity contribution in [3.8, 4) is 0 Å². The minimum atomic E-state index is 0. The molecule has 0 aliphatic carbocycles. The Labute approximate surface area is 179 Å². The van der Waals surface area contributed by atoms with Gasteiger partial charge in [-0.25, -0.2) is 0 Å². The summed E-state index contributed by atoms with van der Waals surface area (Å²) in [6, 6.07) is 8.52. The molecule has 2 N–H and O–H groups in total. The van der Waals surface area contributed by atoms with Gasteiger partial charge in [0.15, 0.2) is 5.96 Å². The number of piperidine rings is 1. The van der Waals surface area contributed by atoms with Crippen molar-refractivity contribution in [2.45, 2.75) is 25.3 Å². The smallest absolute Gasteiger partial charge is 0.191 e. The molecule has 1 aromatic carbocycles. The number of aliphatic imine (C=N–C) groups is 1. The molecule has 2 saturated heterocycles. The molecule has 2 aliphatic heterocycles. The first-order valence-electron chi connectivity index (χ1n) is 9.30. The van der Waals surface area contributed by atoms with Crippen LogP contribution in [0, 0.1) is 5.92 Å². The Morgan fingerprint density at radius 2 is 2.00 bits per heavy atom. The van der Waals surface area contributed by atoms with Crippen LogP contribution in [0.2, 0.25) is 5.02 Å². The quantitative estimate of drug-likeness (QED) is 0.386. The first-order valence-corrected chi connectivity index (χ1v) is 9.68. The third-order valence-electron chi connectivity index (χ3n) is 5.32. The SMILES string of the molecule is CN=C(NCC1CCN(C)CC1)NC1CCN(c2cccc(Cl)c2)C1.I. The lowest BCUT2D eigenvalue weighted by atomic mass is 9.97. The molecular formula is C19H31ClIN5. The molecule has 0 aromatic heterocycles. The summed E-state index contributed by atoms with van der Waals surface area (Å²) < 4.78 is 0. The molecular weight excluding hydrogens is 461 g/mol. The molecule has 1 aromatic rings. The number of halogens is 2. The van der Waals surface area contributed by atoms with Gasteiger partial charge in [0.05, 0.1) is 0 Å². The standard InChI is InChI=1S/C19H30ClN5.HI/c1-21-19(22-13-15-6-9-24(2)10-7-15)23-17-8-11-25(14-17)18-5-3-4-16(20)12-18;/h3-5,12,15,17H,6-11,13-14H2,1-2H3,(H2,21,22,23);1H. The molecule has 1 atom stereocenters. The first kappa shape index (κ1) is 21.6. The molecule has 0 radical (unpaired) electrons. The first-order chi connectivity index (χ1) is 12.1. The number of nitrogens with zero attached hydrogens (tertiary/aromatic N) is 3. The lowest BCUT2D eigenvalue weighted by Crippen LogP contribution is -2.46. The van der Waals surface area contributed by atoms with E-state index < -0.39 is 0 Å². The fraction of sp³-hybridized carbons (Fsp3) is 0.632. The van der Waals surface area contributed by atoms with Crippen LogP contribution in [0.1, 0.15) is 19.3 Å². The maximum Gasteiger partial charge on any atom is 0.191 e. The van der Waals surface area contributed by atoms with E-state index in [4.69, 9.17) is 11.6 Å². The molecule has 0 spiro atoms. The minimum absolute atomic E-state index is 0. The maximum atomic E-state index is 6.12. The van der Waals surface area contributed by atoms with Crippen LogP contribution in [0.4, 0.5) is 5.69 Å². The van der Waals surface area contributed by atoms with Gasteiger partial charge in [-0.05, 0) is 63.5 Å². The Bertz CT molecular complexity index is 589. The Morgan fingerprint density at radius 1 is 1.23 bits per heavy atom. The van der Waals surface area contributed by atoms with E-state index in [0.29, 0.717) is 6.04 Å². The van der Waals surface area contributed by atoms with Gasteiger partial charge >= 0.3 is 0 Å². The highest BCUT2D eigenvalue weighted by Crippen LogP contribution is 2.23. The average molecular weight is 492 g/mol. The lowest BCUT2D eigenvalue weighted by Gasteiger charge is -2.29. The van der Waals surface area contributed by atoms with E-state index in [1.807, 2.05) is 25.2 Å². The summed E-state index contributed by atoms with van der Waals surface area (Å²) in [6.07, 6.45) is 3.65. The van der Waals surface area contributed by atoms with Crippen LogP contribution in [0.3, 0.4) is 0 Å². The monoisotopic (exact) mass is 491 g/mol. The molecule has 26 heavy (non-hydrogen) atoms. The molecule has 3 rings (SSSR count). The van der Waals surface area contributed by atoms with E-state index in [1.54, 1.807) is 0 Å². The van der Waals surface area contributed by atoms with Crippen molar-refractivity contribution in [1.29, 1.82) is 0 Å². The maximum absolute atomic E-state index is 6.12. The molecule has 0 amide bonds. The summed E-state index contributed by atoms with van der Waals surface area (Å²) in [6.45, 7) is 5.45. The van der Waals surface area contributed by atoms with Crippen molar-refractivity contribution in [2.75, 3.05) is 51.7 Å². The van der Waals surface area contributed by atoms with E-state index in [9.17, 15) is 0 Å². The number of hydrogen-bond donors (Lipinski definition) is 2. The summed E-state index contributed by atoms with van der Waals surface area (Å²) in [4.78, 5) is 9.20. The molecule has 1 unspecified atom stereocenters. The summed E-state index contributed by atoms with van der Waals surface area (Å²) in [5.41, 5.74) is 1.20. The number of likely N-dealkylation sites (tertiary alicyclic amines) is 1. The van der Waals surface area contributed by atoms with Gasteiger partial charge in [0.1, 0.15) is 0 Å². The van der Waals surface area contributed by atoms with E-state index in [-0.39, 0.29) is 24.0 Å². The topological polar surface area (TPSA) is 42.9 Å². The fourth-order valence-electron chi connectivity index (χ4n) is 3.68. The van der Waals surface area contributed by atoms with Gasteiger partial charge in [-0.1, -0.05) is 17.7 Å².